The van der Waals surface area contributed by atoms with Gasteiger partial charge in [0.25, 0.3) is 5.91 Å². The summed E-state index contributed by atoms with van der Waals surface area (Å²) in [7, 11) is 0. The first-order valence-corrected chi connectivity index (χ1v) is 10.8. The van der Waals surface area contributed by atoms with E-state index in [1.807, 2.05) is 42.5 Å². The molecule has 5 heteroatoms. The second kappa shape index (κ2) is 9.26. The van der Waals surface area contributed by atoms with Crippen LogP contribution in [0, 0.1) is 6.92 Å². The van der Waals surface area contributed by atoms with E-state index in [4.69, 9.17) is 9.72 Å². The number of benzene rings is 2. The number of pyridine rings is 1. The van der Waals surface area contributed by atoms with Crippen molar-refractivity contribution < 1.29 is 9.53 Å². The number of hydrogen-bond acceptors (Lipinski definition) is 4. The second-order valence-corrected chi connectivity index (χ2v) is 7.88. The van der Waals surface area contributed by atoms with Gasteiger partial charge >= 0.3 is 0 Å². The Hall–Kier alpha value is -2.92. The predicted octanol–water partition coefficient (Wildman–Crippen LogP) is 4.97. The van der Waals surface area contributed by atoms with Crippen LogP contribution in [0.15, 0.2) is 48.5 Å². The zero-order chi connectivity index (χ0) is 20.9. The van der Waals surface area contributed by atoms with Crippen LogP contribution in [0.25, 0.3) is 10.9 Å². The summed E-state index contributed by atoms with van der Waals surface area (Å²) < 4.78 is 5.44. The number of rotatable bonds is 6. The number of nitrogens with one attached hydrogen (secondary N) is 1. The maximum Gasteiger partial charge on any atom is 0.255 e. The summed E-state index contributed by atoms with van der Waals surface area (Å²) in [4.78, 5) is 19.8. The van der Waals surface area contributed by atoms with Gasteiger partial charge in [-0.1, -0.05) is 25.5 Å². The summed E-state index contributed by atoms with van der Waals surface area (Å²) in [6.45, 7) is 7.49. The molecule has 0 unspecified atom stereocenters. The molecule has 1 N–H and O–H groups in total. The number of carbonyl (C=O) groups excluding carboxylic acids is 1. The lowest BCUT2D eigenvalue weighted by atomic mass is 10.1. The first-order valence-electron chi connectivity index (χ1n) is 10.8. The van der Waals surface area contributed by atoms with Crippen molar-refractivity contribution in [3.05, 3.63) is 65.2 Å². The lowest BCUT2D eigenvalue weighted by molar-refractivity contribution is 0.102. The molecule has 0 radical (unpaired) electrons. The van der Waals surface area contributed by atoms with E-state index < -0.39 is 0 Å². The predicted molar refractivity (Wildman–Crippen MR) is 123 cm³/mol. The lowest BCUT2D eigenvalue weighted by Crippen LogP contribution is -2.36. The summed E-state index contributed by atoms with van der Waals surface area (Å²) in [6, 6.07) is 15.9. The van der Waals surface area contributed by atoms with Crippen LogP contribution in [0.5, 0.6) is 0 Å². The minimum Gasteiger partial charge on any atom is -0.378 e. The Morgan fingerprint density at radius 3 is 2.60 bits per heavy atom. The quantitative estimate of drug-likeness (QED) is 0.631. The van der Waals surface area contributed by atoms with Crippen LogP contribution in [0.3, 0.4) is 0 Å². The molecule has 1 amide bonds. The molecule has 2 heterocycles. The first kappa shape index (κ1) is 20.4. The van der Waals surface area contributed by atoms with Gasteiger partial charge < -0.3 is 15.0 Å². The van der Waals surface area contributed by atoms with E-state index in [9.17, 15) is 4.79 Å². The molecule has 1 aliphatic rings. The minimum atomic E-state index is -0.0908. The zero-order valence-electron chi connectivity index (χ0n) is 17.8. The van der Waals surface area contributed by atoms with Gasteiger partial charge in [0.2, 0.25) is 0 Å². The van der Waals surface area contributed by atoms with E-state index in [0.29, 0.717) is 5.56 Å². The smallest absolute Gasteiger partial charge is 0.255 e. The third-order valence-electron chi connectivity index (χ3n) is 5.63. The van der Waals surface area contributed by atoms with Gasteiger partial charge in [-0.25, -0.2) is 4.98 Å². The summed E-state index contributed by atoms with van der Waals surface area (Å²) in [5.74, 6) is 0.898. The molecule has 0 saturated carbocycles. The number of ether oxygens (including phenoxy) is 1. The number of morpholine rings is 1. The molecule has 1 fully saturated rings. The number of aromatic nitrogens is 1. The first-order chi connectivity index (χ1) is 14.6. The van der Waals surface area contributed by atoms with Gasteiger partial charge in [-0.15, -0.1) is 0 Å². The molecule has 1 saturated heterocycles. The van der Waals surface area contributed by atoms with Crippen molar-refractivity contribution in [2.75, 3.05) is 36.5 Å². The van der Waals surface area contributed by atoms with Crippen molar-refractivity contribution in [3.8, 4) is 0 Å². The fourth-order valence-corrected chi connectivity index (χ4v) is 3.82. The maximum absolute atomic E-state index is 12.7. The highest BCUT2D eigenvalue weighted by molar-refractivity contribution is 6.05. The minimum absolute atomic E-state index is 0.0908. The molecule has 0 aliphatic carbocycles. The normalized spacial score (nSPS) is 14.1. The second-order valence-electron chi connectivity index (χ2n) is 7.88. The topological polar surface area (TPSA) is 54.5 Å². The van der Waals surface area contributed by atoms with Gasteiger partial charge in [-0.3, -0.25) is 4.79 Å². The number of amides is 1. The third-order valence-corrected chi connectivity index (χ3v) is 5.63. The Kier molecular flexibility index (Phi) is 6.29. The Bertz CT molecular complexity index is 1020. The van der Waals surface area contributed by atoms with Crippen LogP contribution in [-0.4, -0.2) is 37.2 Å². The lowest BCUT2D eigenvalue weighted by Gasteiger charge is -2.28. The van der Waals surface area contributed by atoms with Gasteiger partial charge in [-0.2, -0.15) is 0 Å². The van der Waals surface area contributed by atoms with Crippen LogP contribution in [0.4, 0.5) is 11.5 Å². The van der Waals surface area contributed by atoms with Gasteiger partial charge in [0.05, 0.1) is 18.7 Å². The zero-order valence-corrected chi connectivity index (χ0v) is 17.8. The number of anilines is 2. The van der Waals surface area contributed by atoms with Gasteiger partial charge in [-0.05, 0) is 67.3 Å². The van der Waals surface area contributed by atoms with Crippen LogP contribution in [-0.2, 0) is 11.2 Å². The Balaban J connectivity index is 1.50. The van der Waals surface area contributed by atoms with Gasteiger partial charge in [0, 0.05) is 29.7 Å². The average Bonchev–Trinajstić information content (AvgIpc) is 2.79. The molecule has 4 rings (SSSR count). The van der Waals surface area contributed by atoms with E-state index in [1.54, 1.807) is 0 Å². The number of aryl methyl sites for hydroxylation is 2. The van der Waals surface area contributed by atoms with E-state index in [0.717, 1.165) is 60.7 Å². The largest absolute Gasteiger partial charge is 0.378 e. The standard InChI is InChI=1S/C25H29N3O2/c1-3-4-5-19-6-8-20(9-7-19)25(29)26-21-10-11-23-22(17-21)18(2)16-24(27-23)28-12-14-30-15-13-28/h6-11,16-17H,3-5,12-15H2,1-2H3,(H,26,29). The van der Waals surface area contributed by atoms with Crippen molar-refractivity contribution in [1.82, 2.24) is 4.98 Å². The molecule has 0 atom stereocenters. The molecular weight excluding hydrogens is 374 g/mol. The molecule has 1 aliphatic heterocycles. The van der Waals surface area contributed by atoms with E-state index in [-0.39, 0.29) is 5.91 Å². The van der Waals surface area contributed by atoms with E-state index in [1.165, 1.54) is 18.4 Å². The summed E-state index contributed by atoms with van der Waals surface area (Å²) >= 11 is 0. The molecule has 2 aromatic carbocycles. The number of fused-ring (bicyclic) bond motifs is 1. The van der Waals surface area contributed by atoms with E-state index >= 15 is 0 Å². The van der Waals surface area contributed by atoms with Crippen LogP contribution >= 0.6 is 0 Å². The average molecular weight is 404 g/mol. The molecule has 30 heavy (non-hydrogen) atoms. The summed E-state index contributed by atoms with van der Waals surface area (Å²) in [5, 5.41) is 4.08. The molecular formula is C25H29N3O2. The van der Waals surface area contributed by atoms with Crippen molar-refractivity contribution in [1.29, 1.82) is 0 Å². The van der Waals surface area contributed by atoms with Gasteiger partial charge in [0.15, 0.2) is 0 Å². The summed E-state index contributed by atoms with van der Waals surface area (Å²) in [5.41, 5.74) is 4.82. The third kappa shape index (κ3) is 4.62. The molecule has 3 aromatic rings. The highest BCUT2D eigenvalue weighted by Crippen LogP contribution is 2.26. The molecule has 0 bridgehead atoms. The van der Waals surface area contributed by atoms with Crippen molar-refractivity contribution in [2.24, 2.45) is 0 Å². The Morgan fingerprint density at radius 2 is 1.87 bits per heavy atom. The fraction of sp³-hybridized carbons (Fsp3) is 0.360. The van der Waals surface area contributed by atoms with Crippen molar-refractivity contribution in [2.45, 2.75) is 33.1 Å². The maximum atomic E-state index is 12.7. The van der Waals surface area contributed by atoms with Crippen LogP contribution in [0.2, 0.25) is 0 Å². The van der Waals surface area contributed by atoms with E-state index in [2.05, 4.69) is 30.1 Å². The number of carbonyl (C=O) groups is 1. The molecule has 5 nitrogen and oxygen atoms in total. The summed E-state index contributed by atoms with van der Waals surface area (Å²) in [6.07, 6.45) is 3.40. The SMILES string of the molecule is CCCCc1ccc(C(=O)Nc2ccc3nc(N4CCOCC4)cc(C)c3c2)cc1. The van der Waals surface area contributed by atoms with Crippen molar-refractivity contribution in [3.63, 3.8) is 0 Å². The number of nitrogens with zero attached hydrogens (tertiary/aromatic N) is 2. The highest BCUT2D eigenvalue weighted by Gasteiger charge is 2.14. The Labute approximate surface area is 178 Å². The fourth-order valence-electron chi connectivity index (χ4n) is 3.82. The molecule has 0 spiro atoms. The molecule has 156 valence electrons. The van der Waals surface area contributed by atoms with Crippen molar-refractivity contribution >= 4 is 28.3 Å². The Morgan fingerprint density at radius 1 is 1.10 bits per heavy atom. The highest BCUT2D eigenvalue weighted by atomic mass is 16.5. The monoisotopic (exact) mass is 403 g/mol. The van der Waals surface area contributed by atoms with Gasteiger partial charge in [0.1, 0.15) is 5.82 Å². The van der Waals surface area contributed by atoms with Crippen LogP contribution in [0.1, 0.15) is 41.3 Å². The molecule has 1 aromatic heterocycles. The van der Waals surface area contributed by atoms with Crippen LogP contribution < -0.4 is 10.2 Å². The number of unbranched alkanes of at least 4 members (excludes halogenated alkanes) is 1. The number of hydrogen-bond donors (Lipinski definition) is 1.